The van der Waals surface area contributed by atoms with Gasteiger partial charge in [-0.05, 0) is 12.1 Å². The van der Waals surface area contributed by atoms with Crippen LogP contribution in [0.3, 0.4) is 0 Å². The number of ether oxygens (including phenoxy) is 1. The maximum Gasteiger partial charge on any atom is 0.246 e. The van der Waals surface area contributed by atoms with Crippen molar-refractivity contribution in [1.29, 1.82) is 0 Å². The molecule has 0 saturated carbocycles. The summed E-state index contributed by atoms with van der Waals surface area (Å²) < 4.78 is 5.26. The molecule has 0 atom stereocenters. The maximum atomic E-state index is 12.3. The van der Waals surface area contributed by atoms with Gasteiger partial charge in [0, 0.05) is 44.9 Å². The molecule has 1 aliphatic rings. The third kappa shape index (κ3) is 4.82. The Kier molecular flexibility index (Phi) is 6.17. The molecule has 1 aromatic rings. The van der Waals surface area contributed by atoms with Crippen molar-refractivity contribution in [3.05, 3.63) is 35.9 Å². The first-order chi connectivity index (χ1) is 11.1. The van der Waals surface area contributed by atoms with Crippen molar-refractivity contribution in [3.63, 3.8) is 0 Å². The van der Waals surface area contributed by atoms with Crippen LogP contribution in [0.15, 0.2) is 30.3 Å². The van der Waals surface area contributed by atoms with Gasteiger partial charge in [0.25, 0.3) is 0 Å². The van der Waals surface area contributed by atoms with E-state index in [1.807, 2.05) is 29.2 Å². The van der Waals surface area contributed by atoms with E-state index in [9.17, 15) is 9.59 Å². The quantitative estimate of drug-likeness (QED) is 0.808. The monoisotopic (exact) mass is 317 g/mol. The lowest BCUT2D eigenvalue weighted by molar-refractivity contribution is -0.128. The normalized spacial score (nSPS) is 15.7. The number of para-hydroxylation sites is 1. The predicted molar refractivity (Wildman–Crippen MR) is 89.1 cm³/mol. The second-order valence-corrected chi connectivity index (χ2v) is 5.35. The van der Waals surface area contributed by atoms with Gasteiger partial charge in [-0.3, -0.25) is 14.5 Å². The number of hydrogen-bond donors (Lipinski definition) is 1. The van der Waals surface area contributed by atoms with Crippen LogP contribution in [0.2, 0.25) is 0 Å². The highest BCUT2D eigenvalue weighted by Gasteiger charge is 2.20. The lowest BCUT2D eigenvalue weighted by Gasteiger charge is -2.33. The summed E-state index contributed by atoms with van der Waals surface area (Å²) in [5.74, 6) is 0.725. The van der Waals surface area contributed by atoms with Gasteiger partial charge in [0.2, 0.25) is 11.8 Å². The fourth-order valence-electron chi connectivity index (χ4n) is 2.48. The van der Waals surface area contributed by atoms with E-state index in [4.69, 9.17) is 4.74 Å². The summed E-state index contributed by atoms with van der Waals surface area (Å²) >= 11 is 0. The summed E-state index contributed by atoms with van der Waals surface area (Å²) in [6.07, 6.45) is 3.35. The number of nitrogens with one attached hydrogen (secondary N) is 1. The minimum atomic E-state index is -0.0181. The zero-order chi connectivity index (χ0) is 16.7. The number of methoxy groups -OCH3 is 1. The topological polar surface area (TPSA) is 61.9 Å². The number of hydrogen-bond acceptors (Lipinski definition) is 4. The minimum Gasteiger partial charge on any atom is -0.496 e. The Morgan fingerprint density at radius 3 is 2.57 bits per heavy atom. The molecule has 23 heavy (non-hydrogen) atoms. The van der Waals surface area contributed by atoms with E-state index in [2.05, 4.69) is 5.32 Å². The zero-order valence-corrected chi connectivity index (χ0v) is 13.6. The molecule has 0 unspecified atom stereocenters. The van der Waals surface area contributed by atoms with Gasteiger partial charge in [-0.25, -0.2) is 0 Å². The minimum absolute atomic E-state index is 0.000782. The van der Waals surface area contributed by atoms with Gasteiger partial charge in [0.05, 0.1) is 13.7 Å². The highest BCUT2D eigenvalue weighted by atomic mass is 16.5. The van der Waals surface area contributed by atoms with Gasteiger partial charge in [-0.2, -0.15) is 0 Å². The van der Waals surface area contributed by atoms with Gasteiger partial charge < -0.3 is 15.0 Å². The van der Waals surface area contributed by atoms with E-state index < -0.39 is 0 Å². The van der Waals surface area contributed by atoms with Crippen molar-refractivity contribution in [2.75, 3.05) is 46.9 Å². The molecular weight excluding hydrogens is 294 g/mol. The van der Waals surface area contributed by atoms with Gasteiger partial charge in [0.15, 0.2) is 0 Å². The molecule has 0 radical (unpaired) electrons. The van der Waals surface area contributed by atoms with Crippen molar-refractivity contribution in [2.24, 2.45) is 0 Å². The van der Waals surface area contributed by atoms with Crippen LogP contribution in [-0.2, 0) is 9.59 Å². The molecule has 1 aromatic carbocycles. The predicted octanol–water partition coefficient (Wildman–Crippen LogP) is 0.599. The number of carbonyl (C=O) groups is 2. The Balaban J connectivity index is 1.88. The zero-order valence-electron chi connectivity index (χ0n) is 13.6. The standard InChI is InChI=1S/C17H23N3O3/c1-18-16(21)13-19-9-11-20(12-10-19)17(22)8-7-14-5-3-4-6-15(14)23-2/h3-8H,9-13H2,1-2H3,(H,18,21)/b8-7+. The smallest absolute Gasteiger partial charge is 0.246 e. The second-order valence-electron chi connectivity index (χ2n) is 5.35. The van der Waals surface area contributed by atoms with Crippen LogP contribution in [0.4, 0.5) is 0 Å². The average molecular weight is 317 g/mol. The van der Waals surface area contributed by atoms with Crippen LogP contribution >= 0.6 is 0 Å². The molecule has 1 heterocycles. The Bertz CT molecular complexity index is 578. The number of likely N-dealkylation sites (N-methyl/N-ethyl adjacent to an activating group) is 1. The Labute approximate surface area is 136 Å². The fraction of sp³-hybridized carbons (Fsp3) is 0.412. The summed E-state index contributed by atoms with van der Waals surface area (Å²) in [7, 11) is 3.24. The van der Waals surface area contributed by atoms with Crippen LogP contribution in [0.25, 0.3) is 6.08 Å². The van der Waals surface area contributed by atoms with Gasteiger partial charge in [0.1, 0.15) is 5.75 Å². The lowest BCUT2D eigenvalue weighted by Crippen LogP contribution is -2.50. The first kappa shape index (κ1) is 17.0. The average Bonchev–Trinajstić information content (AvgIpc) is 2.60. The van der Waals surface area contributed by atoms with Crippen LogP contribution < -0.4 is 10.1 Å². The fourth-order valence-corrected chi connectivity index (χ4v) is 2.48. The van der Waals surface area contributed by atoms with E-state index in [0.29, 0.717) is 32.7 Å². The molecule has 2 rings (SSSR count). The Hall–Kier alpha value is -2.34. The number of rotatable bonds is 5. The molecule has 124 valence electrons. The molecule has 2 amide bonds. The van der Waals surface area contributed by atoms with Crippen molar-refractivity contribution in [3.8, 4) is 5.75 Å². The van der Waals surface area contributed by atoms with E-state index in [1.165, 1.54) is 0 Å². The molecule has 1 aliphatic heterocycles. The number of benzene rings is 1. The van der Waals surface area contributed by atoms with Gasteiger partial charge in [-0.1, -0.05) is 18.2 Å². The Morgan fingerprint density at radius 2 is 1.91 bits per heavy atom. The number of carbonyl (C=O) groups excluding carboxylic acids is 2. The molecule has 0 aromatic heterocycles. The van der Waals surface area contributed by atoms with E-state index in [0.717, 1.165) is 11.3 Å². The molecular formula is C17H23N3O3. The van der Waals surface area contributed by atoms with Crippen LogP contribution in [0.1, 0.15) is 5.56 Å². The van der Waals surface area contributed by atoms with E-state index >= 15 is 0 Å². The molecule has 0 bridgehead atoms. The summed E-state index contributed by atoms with van der Waals surface area (Å²) in [4.78, 5) is 27.5. The second kappa shape index (κ2) is 8.33. The van der Waals surface area contributed by atoms with Crippen LogP contribution in [0, 0.1) is 0 Å². The van der Waals surface area contributed by atoms with E-state index in [1.54, 1.807) is 31.2 Å². The molecule has 6 nitrogen and oxygen atoms in total. The third-order valence-corrected chi connectivity index (χ3v) is 3.87. The molecule has 0 spiro atoms. The van der Waals surface area contributed by atoms with Crippen molar-refractivity contribution in [2.45, 2.75) is 0 Å². The molecule has 0 aliphatic carbocycles. The van der Waals surface area contributed by atoms with Crippen LogP contribution in [-0.4, -0.2) is 68.5 Å². The summed E-state index contributed by atoms with van der Waals surface area (Å²) in [5.41, 5.74) is 0.876. The lowest BCUT2D eigenvalue weighted by atomic mass is 10.2. The van der Waals surface area contributed by atoms with Crippen molar-refractivity contribution in [1.82, 2.24) is 15.1 Å². The van der Waals surface area contributed by atoms with Crippen LogP contribution in [0.5, 0.6) is 5.75 Å². The molecule has 1 saturated heterocycles. The highest BCUT2D eigenvalue weighted by molar-refractivity contribution is 5.92. The van der Waals surface area contributed by atoms with Crippen molar-refractivity contribution < 1.29 is 14.3 Å². The first-order valence-corrected chi connectivity index (χ1v) is 7.67. The number of piperazine rings is 1. The maximum absolute atomic E-state index is 12.3. The Morgan fingerprint density at radius 1 is 1.22 bits per heavy atom. The first-order valence-electron chi connectivity index (χ1n) is 7.67. The largest absolute Gasteiger partial charge is 0.496 e. The summed E-state index contributed by atoms with van der Waals surface area (Å²) in [5, 5.41) is 2.61. The van der Waals surface area contributed by atoms with Gasteiger partial charge in [-0.15, -0.1) is 0 Å². The highest BCUT2D eigenvalue weighted by Crippen LogP contribution is 2.18. The summed E-state index contributed by atoms with van der Waals surface area (Å²) in [6.45, 7) is 3.07. The summed E-state index contributed by atoms with van der Waals surface area (Å²) in [6, 6.07) is 7.57. The molecule has 1 fully saturated rings. The van der Waals surface area contributed by atoms with E-state index in [-0.39, 0.29) is 11.8 Å². The van der Waals surface area contributed by atoms with Gasteiger partial charge >= 0.3 is 0 Å². The van der Waals surface area contributed by atoms with Crippen molar-refractivity contribution >= 4 is 17.9 Å². The number of amides is 2. The molecule has 6 heteroatoms. The third-order valence-electron chi connectivity index (χ3n) is 3.87. The number of nitrogens with zero attached hydrogens (tertiary/aromatic N) is 2. The SMILES string of the molecule is CNC(=O)CN1CCN(C(=O)/C=C/c2ccccc2OC)CC1. The molecule has 1 N–H and O–H groups in total.